The minimum absolute atomic E-state index is 0.354. The Labute approximate surface area is 210 Å². The monoisotopic (exact) mass is 474 g/mol. The van der Waals surface area contributed by atoms with E-state index in [0.29, 0.717) is 13.2 Å². The summed E-state index contributed by atoms with van der Waals surface area (Å²) in [4.78, 5) is 5.07. The lowest BCUT2D eigenvalue weighted by Gasteiger charge is -2.35. The van der Waals surface area contributed by atoms with Crippen molar-refractivity contribution < 1.29 is 14.2 Å². The fourth-order valence-electron chi connectivity index (χ4n) is 4.52. The first-order chi connectivity index (χ1) is 17.3. The summed E-state index contributed by atoms with van der Waals surface area (Å²) in [5.41, 5.74) is 3.51. The van der Waals surface area contributed by atoms with Gasteiger partial charge >= 0.3 is 0 Å². The van der Waals surface area contributed by atoms with Gasteiger partial charge in [0, 0.05) is 38.3 Å². The highest BCUT2D eigenvalue weighted by atomic mass is 16.7. The van der Waals surface area contributed by atoms with Crippen molar-refractivity contribution in [1.29, 1.82) is 0 Å². The van der Waals surface area contributed by atoms with Crippen molar-refractivity contribution in [3.63, 3.8) is 0 Å². The van der Waals surface area contributed by atoms with E-state index in [4.69, 9.17) is 14.2 Å². The first-order valence-electron chi connectivity index (χ1n) is 12.7. The van der Waals surface area contributed by atoms with E-state index < -0.39 is 0 Å². The molecule has 1 heterocycles. The molecule has 186 valence electrons. The lowest BCUT2D eigenvalue weighted by molar-refractivity contribution is -0.157. The van der Waals surface area contributed by atoms with Crippen LogP contribution in [0.5, 0.6) is 5.75 Å². The maximum atomic E-state index is 6.23. The van der Waals surface area contributed by atoms with Crippen molar-refractivity contribution in [2.45, 2.75) is 25.7 Å². The van der Waals surface area contributed by atoms with Gasteiger partial charge in [-0.2, -0.15) is 0 Å². The third-order valence-corrected chi connectivity index (χ3v) is 6.57. The van der Waals surface area contributed by atoms with E-state index in [0.717, 1.165) is 69.0 Å². The van der Waals surface area contributed by atoms with Crippen LogP contribution in [-0.2, 0) is 22.5 Å². The number of piperazine rings is 1. The number of ether oxygens (including phenoxy) is 3. The number of benzene rings is 3. The van der Waals surface area contributed by atoms with Gasteiger partial charge in [0.05, 0.1) is 20.3 Å². The summed E-state index contributed by atoms with van der Waals surface area (Å²) in [7, 11) is 1.75. The zero-order valence-electron chi connectivity index (χ0n) is 20.9. The van der Waals surface area contributed by atoms with Crippen LogP contribution in [0.25, 0.3) is 0 Å². The van der Waals surface area contributed by atoms with Gasteiger partial charge in [-0.3, -0.25) is 4.90 Å². The average molecular weight is 475 g/mol. The fraction of sp³-hybridized carbons (Fsp3) is 0.400. The molecule has 1 unspecified atom stereocenters. The number of methoxy groups -OCH3 is 1. The molecule has 5 heteroatoms. The molecule has 0 saturated carbocycles. The Hall–Kier alpha value is -2.70. The molecule has 0 radical (unpaired) electrons. The highest BCUT2D eigenvalue weighted by molar-refractivity contribution is 5.33. The Morgan fingerprint density at radius 1 is 0.714 bits per heavy atom. The maximum Gasteiger partial charge on any atom is 0.184 e. The normalized spacial score (nSPS) is 15.7. The van der Waals surface area contributed by atoms with E-state index in [1.54, 1.807) is 7.11 Å². The van der Waals surface area contributed by atoms with Gasteiger partial charge in [0.1, 0.15) is 5.75 Å². The Morgan fingerprint density at radius 2 is 1.34 bits per heavy atom. The van der Waals surface area contributed by atoms with Crippen molar-refractivity contribution in [1.82, 2.24) is 9.80 Å². The van der Waals surface area contributed by atoms with Crippen LogP contribution in [0.3, 0.4) is 0 Å². The zero-order valence-corrected chi connectivity index (χ0v) is 20.9. The quantitative estimate of drug-likeness (QED) is 0.319. The number of hydrogen-bond acceptors (Lipinski definition) is 5. The van der Waals surface area contributed by atoms with Crippen molar-refractivity contribution in [3.8, 4) is 5.75 Å². The van der Waals surface area contributed by atoms with E-state index in [9.17, 15) is 0 Å². The van der Waals surface area contributed by atoms with Gasteiger partial charge in [-0.15, -0.1) is 0 Å². The van der Waals surface area contributed by atoms with Crippen LogP contribution < -0.4 is 4.74 Å². The third kappa shape index (κ3) is 8.18. The summed E-state index contributed by atoms with van der Waals surface area (Å²) < 4.78 is 17.9. The molecule has 0 bridgehead atoms. The molecule has 35 heavy (non-hydrogen) atoms. The highest BCUT2D eigenvalue weighted by Crippen LogP contribution is 2.21. The Kier molecular flexibility index (Phi) is 10.2. The largest absolute Gasteiger partial charge is 0.496 e. The number of aryl methyl sites for hydroxylation is 1. The topological polar surface area (TPSA) is 34.2 Å². The molecule has 0 aromatic heterocycles. The lowest BCUT2D eigenvalue weighted by atomic mass is 10.1. The summed E-state index contributed by atoms with van der Waals surface area (Å²) in [5, 5.41) is 0. The first kappa shape index (κ1) is 25.4. The summed E-state index contributed by atoms with van der Waals surface area (Å²) in [6, 6.07) is 28.8. The third-order valence-electron chi connectivity index (χ3n) is 6.57. The SMILES string of the molecule is COc1ccccc1CCCN1CCN(CCOC(OCc2ccccc2)c2ccccc2)CC1. The smallest absolute Gasteiger partial charge is 0.184 e. The molecule has 1 aliphatic heterocycles. The van der Waals surface area contributed by atoms with Crippen LogP contribution in [0.15, 0.2) is 84.9 Å². The highest BCUT2D eigenvalue weighted by Gasteiger charge is 2.18. The summed E-state index contributed by atoms with van der Waals surface area (Å²) in [6.45, 7) is 7.63. The Bertz CT molecular complexity index is 975. The molecule has 0 aliphatic carbocycles. The van der Waals surface area contributed by atoms with Gasteiger partial charge in [0.15, 0.2) is 6.29 Å². The zero-order chi connectivity index (χ0) is 24.1. The van der Waals surface area contributed by atoms with Crippen LogP contribution in [0.4, 0.5) is 0 Å². The Balaban J connectivity index is 1.16. The molecule has 1 fully saturated rings. The molecule has 0 amide bonds. The lowest BCUT2D eigenvalue weighted by Crippen LogP contribution is -2.47. The summed E-state index contributed by atoms with van der Waals surface area (Å²) >= 11 is 0. The van der Waals surface area contributed by atoms with Gasteiger partial charge in [0.2, 0.25) is 0 Å². The molecule has 5 nitrogen and oxygen atoms in total. The van der Waals surface area contributed by atoms with Gasteiger partial charge in [-0.05, 0) is 36.6 Å². The van der Waals surface area contributed by atoms with Crippen molar-refractivity contribution >= 4 is 0 Å². The molecule has 1 saturated heterocycles. The molecule has 1 atom stereocenters. The maximum absolute atomic E-state index is 6.23. The van der Waals surface area contributed by atoms with Crippen molar-refractivity contribution in [3.05, 3.63) is 102 Å². The van der Waals surface area contributed by atoms with Crippen LogP contribution in [-0.4, -0.2) is 62.8 Å². The van der Waals surface area contributed by atoms with E-state index in [1.807, 2.05) is 48.5 Å². The molecule has 3 aromatic rings. The average Bonchev–Trinajstić information content (AvgIpc) is 2.93. The molecular weight excluding hydrogens is 436 g/mol. The van der Waals surface area contributed by atoms with Crippen molar-refractivity contribution in [2.24, 2.45) is 0 Å². The van der Waals surface area contributed by atoms with E-state index in [1.165, 1.54) is 5.56 Å². The van der Waals surface area contributed by atoms with E-state index in [2.05, 4.69) is 46.2 Å². The van der Waals surface area contributed by atoms with Crippen LogP contribution in [0.1, 0.15) is 29.4 Å². The minimum atomic E-state index is -0.354. The number of rotatable bonds is 13. The van der Waals surface area contributed by atoms with Crippen LogP contribution >= 0.6 is 0 Å². The molecular formula is C30H38N2O3. The van der Waals surface area contributed by atoms with Gasteiger partial charge < -0.3 is 19.1 Å². The summed E-state index contributed by atoms with van der Waals surface area (Å²) in [6.07, 6.45) is 1.86. The second-order valence-corrected chi connectivity index (χ2v) is 9.01. The molecule has 0 spiro atoms. The second kappa shape index (κ2) is 14.0. The predicted molar refractivity (Wildman–Crippen MR) is 141 cm³/mol. The number of hydrogen-bond donors (Lipinski definition) is 0. The molecule has 0 N–H and O–H groups in total. The summed E-state index contributed by atoms with van der Waals surface area (Å²) in [5.74, 6) is 0.999. The van der Waals surface area contributed by atoms with Crippen molar-refractivity contribution in [2.75, 3.05) is 53.0 Å². The minimum Gasteiger partial charge on any atom is -0.496 e. The number of para-hydroxylation sites is 1. The first-order valence-corrected chi connectivity index (χ1v) is 12.7. The second-order valence-electron chi connectivity index (χ2n) is 9.01. The van der Waals surface area contributed by atoms with Gasteiger partial charge in [-0.1, -0.05) is 78.9 Å². The van der Waals surface area contributed by atoms with Gasteiger partial charge in [-0.25, -0.2) is 0 Å². The molecule has 3 aromatic carbocycles. The number of nitrogens with zero attached hydrogens (tertiary/aromatic N) is 2. The molecule has 4 rings (SSSR count). The van der Waals surface area contributed by atoms with E-state index in [-0.39, 0.29) is 6.29 Å². The standard InChI is InChI=1S/C30H38N2O3/c1-33-29-17-9-8-13-27(29)16-10-18-31-19-21-32(22-20-31)23-24-34-30(28-14-6-3-7-15-28)35-25-26-11-4-2-5-12-26/h2-9,11-15,17,30H,10,16,18-25H2,1H3. The molecule has 1 aliphatic rings. The van der Waals surface area contributed by atoms with Crippen LogP contribution in [0.2, 0.25) is 0 Å². The van der Waals surface area contributed by atoms with E-state index >= 15 is 0 Å². The fourth-order valence-corrected chi connectivity index (χ4v) is 4.52. The van der Waals surface area contributed by atoms with Crippen LogP contribution in [0, 0.1) is 0 Å². The van der Waals surface area contributed by atoms with Gasteiger partial charge in [0.25, 0.3) is 0 Å². The Morgan fingerprint density at radius 3 is 2.06 bits per heavy atom. The predicted octanol–water partition coefficient (Wildman–Crippen LogP) is 5.18.